The van der Waals surface area contributed by atoms with E-state index in [1.54, 1.807) is 0 Å². The minimum Gasteiger partial charge on any atom is -0.493 e. The Bertz CT molecular complexity index is 345. The Kier molecular flexibility index (Phi) is 5.53. The number of hydrogen-bond acceptors (Lipinski definition) is 2. The Morgan fingerprint density at radius 1 is 1.17 bits per heavy atom. The summed E-state index contributed by atoms with van der Waals surface area (Å²) in [6.45, 7) is 4.92. The lowest BCUT2D eigenvalue weighted by Crippen LogP contribution is -2.17. The van der Waals surface area contributed by atoms with E-state index in [2.05, 4.69) is 36.5 Å². The average Bonchev–Trinajstić information content (AvgIpc) is 2.45. The Hall–Kier alpha value is -1.02. The minimum atomic E-state index is 0.769. The predicted molar refractivity (Wildman–Crippen MR) is 75.9 cm³/mol. The summed E-state index contributed by atoms with van der Waals surface area (Å²) in [6.07, 6.45) is 6.86. The van der Waals surface area contributed by atoms with Crippen LogP contribution in [-0.2, 0) is 6.54 Å². The highest BCUT2D eigenvalue weighted by molar-refractivity contribution is 5.33. The summed E-state index contributed by atoms with van der Waals surface area (Å²) in [6, 6.07) is 8.39. The van der Waals surface area contributed by atoms with Crippen molar-refractivity contribution in [1.82, 2.24) is 5.32 Å². The molecular formula is C16H25NO. The number of nitrogens with one attached hydrogen (secondary N) is 1. The molecule has 1 aliphatic carbocycles. The molecule has 1 aliphatic rings. The summed E-state index contributed by atoms with van der Waals surface area (Å²) < 4.78 is 6.03. The van der Waals surface area contributed by atoms with E-state index < -0.39 is 0 Å². The van der Waals surface area contributed by atoms with Gasteiger partial charge in [0, 0.05) is 12.1 Å². The topological polar surface area (TPSA) is 21.3 Å². The minimum absolute atomic E-state index is 0.769. The van der Waals surface area contributed by atoms with E-state index >= 15 is 0 Å². The first-order chi connectivity index (χ1) is 8.90. The Morgan fingerprint density at radius 2 is 1.94 bits per heavy atom. The van der Waals surface area contributed by atoms with Crippen molar-refractivity contribution in [3.05, 3.63) is 29.8 Å². The maximum atomic E-state index is 6.03. The molecule has 0 aromatic heterocycles. The maximum Gasteiger partial charge on any atom is 0.123 e. The largest absolute Gasteiger partial charge is 0.493 e. The van der Waals surface area contributed by atoms with Crippen LogP contribution in [0, 0.1) is 5.92 Å². The number of para-hydroxylation sites is 1. The van der Waals surface area contributed by atoms with Crippen LogP contribution in [-0.4, -0.2) is 13.2 Å². The van der Waals surface area contributed by atoms with Crippen molar-refractivity contribution in [1.29, 1.82) is 0 Å². The lowest BCUT2D eigenvalue weighted by molar-refractivity contribution is 0.207. The highest BCUT2D eigenvalue weighted by atomic mass is 16.5. The van der Waals surface area contributed by atoms with Gasteiger partial charge in [0.2, 0.25) is 0 Å². The van der Waals surface area contributed by atoms with E-state index in [4.69, 9.17) is 4.74 Å². The molecule has 0 aliphatic heterocycles. The van der Waals surface area contributed by atoms with Crippen molar-refractivity contribution < 1.29 is 4.74 Å². The normalized spacial score (nSPS) is 16.7. The molecule has 0 saturated heterocycles. The molecular weight excluding hydrogens is 222 g/mol. The summed E-state index contributed by atoms with van der Waals surface area (Å²) in [5.74, 6) is 1.83. The molecule has 1 fully saturated rings. The van der Waals surface area contributed by atoms with Crippen LogP contribution in [0.1, 0.15) is 44.6 Å². The highest BCUT2D eigenvalue weighted by Crippen LogP contribution is 2.25. The van der Waals surface area contributed by atoms with Crippen LogP contribution in [0.2, 0.25) is 0 Å². The monoisotopic (exact) mass is 247 g/mol. The lowest BCUT2D eigenvalue weighted by atomic mass is 9.90. The Balaban J connectivity index is 1.87. The smallest absolute Gasteiger partial charge is 0.123 e. The van der Waals surface area contributed by atoms with Crippen LogP contribution in [0.4, 0.5) is 0 Å². The van der Waals surface area contributed by atoms with E-state index in [1.165, 1.54) is 37.7 Å². The van der Waals surface area contributed by atoms with Crippen molar-refractivity contribution in [3.63, 3.8) is 0 Å². The molecule has 1 saturated carbocycles. The van der Waals surface area contributed by atoms with Crippen molar-refractivity contribution >= 4 is 0 Å². The molecule has 0 unspecified atom stereocenters. The summed E-state index contributed by atoms with van der Waals surface area (Å²) >= 11 is 0. The molecule has 0 spiro atoms. The number of ether oxygens (including phenoxy) is 1. The highest BCUT2D eigenvalue weighted by Gasteiger charge is 2.14. The molecule has 2 heteroatoms. The quantitative estimate of drug-likeness (QED) is 0.826. The summed E-state index contributed by atoms with van der Waals surface area (Å²) in [4.78, 5) is 0. The number of benzene rings is 1. The zero-order valence-electron chi connectivity index (χ0n) is 11.5. The first kappa shape index (κ1) is 13.4. The second-order valence-corrected chi connectivity index (χ2v) is 5.20. The van der Waals surface area contributed by atoms with Crippen LogP contribution in [0.3, 0.4) is 0 Å². The van der Waals surface area contributed by atoms with Crippen LogP contribution in [0.15, 0.2) is 24.3 Å². The van der Waals surface area contributed by atoms with Crippen LogP contribution < -0.4 is 10.1 Å². The molecule has 1 aromatic rings. The van der Waals surface area contributed by atoms with Gasteiger partial charge in [0.1, 0.15) is 5.75 Å². The standard InChI is InChI=1S/C16H25NO/c1-2-17-12-15-10-6-7-11-16(15)18-13-14-8-4-3-5-9-14/h6-7,10-11,14,17H,2-5,8-9,12-13H2,1H3. The summed E-state index contributed by atoms with van der Waals surface area (Å²) in [7, 11) is 0. The van der Waals surface area contributed by atoms with Gasteiger partial charge in [-0.15, -0.1) is 0 Å². The molecule has 1 aromatic carbocycles. The molecule has 0 heterocycles. The zero-order valence-corrected chi connectivity index (χ0v) is 11.5. The van der Waals surface area contributed by atoms with Crippen molar-refractivity contribution in [3.8, 4) is 5.75 Å². The van der Waals surface area contributed by atoms with Crippen molar-refractivity contribution in [2.75, 3.05) is 13.2 Å². The van der Waals surface area contributed by atoms with E-state index in [0.29, 0.717) is 0 Å². The fourth-order valence-electron chi connectivity index (χ4n) is 2.61. The predicted octanol–water partition coefficient (Wildman–Crippen LogP) is 3.76. The van der Waals surface area contributed by atoms with E-state index in [-0.39, 0.29) is 0 Å². The van der Waals surface area contributed by atoms with Crippen molar-refractivity contribution in [2.24, 2.45) is 5.92 Å². The average molecular weight is 247 g/mol. The molecule has 2 nitrogen and oxygen atoms in total. The van der Waals surface area contributed by atoms with Gasteiger partial charge in [-0.25, -0.2) is 0 Å². The van der Waals surface area contributed by atoms with Gasteiger partial charge in [-0.1, -0.05) is 44.4 Å². The SMILES string of the molecule is CCNCc1ccccc1OCC1CCCCC1. The van der Waals surface area contributed by atoms with Gasteiger partial charge in [0.25, 0.3) is 0 Å². The molecule has 0 amide bonds. The van der Waals surface area contributed by atoms with E-state index in [9.17, 15) is 0 Å². The van der Waals surface area contributed by atoms with Crippen LogP contribution in [0.5, 0.6) is 5.75 Å². The van der Waals surface area contributed by atoms with Gasteiger partial charge < -0.3 is 10.1 Å². The fraction of sp³-hybridized carbons (Fsp3) is 0.625. The third-order valence-electron chi connectivity index (χ3n) is 3.74. The maximum absolute atomic E-state index is 6.03. The molecule has 2 rings (SSSR count). The zero-order chi connectivity index (χ0) is 12.6. The van der Waals surface area contributed by atoms with Gasteiger partial charge in [0.15, 0.2) is 0 Å². The Labute approximate surface area is 111 Å². The van der Waals surface area contributed by atoms with Crippen LogP contribution in [0.25, 0.3) is 0 Å². The molecule has 100 valence electrons. The molecule has 0 radical (unpaired) electrons. The van der Waals surface area contributed by atoms with Gasteiger partial charge in [0.05, 0.1) is 6.61 Å². The number of hydrogen-bond donors (Lipinski definition) is 1. The molecule has 1 N–H and O–H groups in total. The van der Waals surface area contributed by atoms with E-state index in [0.717, 1.165) is 31.4 Å². The molecule has 0 atom stereocenters. The van der Waals surface area contributed by atoms with Gasteiger partial charge in [-0.05, 0) is 31.4 Å². The second kappa shape index (κ2) is 7.42. The third-order valence-corrected chi connectivity index (χ3v) is 3.74. The second-order valence-electron chi connectivity index (χ2n) is 5.20. The molecule has 18 heavy (non-hydrogen) atoms. The first-order valence-electron chi connectivity index (χ1n) is 7.31. The summed E-state index contributed by atoms with van der Waals surface area (Å²) in [5, 5.41) is 3.36. The van der Waals surface area contributed by atoms with Gasteiger partial charge in [-0.2, -0.15) is 0 Å². The lowest BCUT2D eigenvalue weighted by Gasteiger charge is -2.22. The number of rotatable bonds is 6. The van der Waals surface area contributed by atoms with E-state index in [1.807, 2.05) is 0 Å². The van der Waals surface area contributed by atoms with Gasteiger partial charge in [-0.3, -0.25) is 0 Å². The van der Waals surface area contributed by atoms with Gasteiger partial charge >= 0.3 is 0 Å². The fourth-order valence-corrected chi connectivity index (χ4v) is 2.61. The van der Waals surface area contributed by atoms with Crippen molar-refractivity contribution in [2.45, 2.75) is 45.6 Å². The van der Waals surface area contributed by atoms with Crippen LogP contribution >= 0.6 is 0 Å². The Morgan fingerprint density at radius 3 is 2.72 bits per heavy atom. The third kappa shape index (κ3) is 4.02. The first-order valence-corrected chi connectivity index (χ1v) is 7.31. The molecule has 0 bridgehead atoms. The summed E-state index contributed by atoms with van der Waals surface area (Å²) in [5.41, 5.74) is 1.27.